The maximum absolute atomic E-state index is 13.0. The molecule has 0 aliphatic carbocycles. The van der Waals surface area contributed by atoms with Gasteiger partial charge in [0.15, 0.2) is 6.29 Å². The Morgan fingerprint density at radius 1 is 0.811 bits per heavy atom. The van der Waals surface area contributed by atoms with Gasteiger partial charge in [-0.1, -0.05) is 91.9 Å². The van der Waals surface area contributed by atoms with Crippen LogP contribution in [0.3, 0.4) is 0 Å². The number of hydrogen-bond donors (Lipinski definition) is 3. The average molecular weight is 725 g/mol. The number of ether oxygens (including phenoxy) is 2. The third kappa shape index (κ3) is 8.64. The maximum atomic E-state index is 13.0. The van der Waals surface area contributed by atoms with E-state index in [0.29, 0.717) is 17.8 Å². The zero-order valence-electron chi connectivity index (χ0n) is 29.4. The maximum Gasteiger partial charge on any atom is 0.271 e. The molecule has 1 aromatic heterocycles. The molecule has 268 valence electrons. The fourth-order valence-corrected chi connectivity index (χ4v) is 7.50. The van der Waals surface area contributed by atoms with Crippen LogP contribution in [0.5, 0.6) is 0 Å². The van der Waals surface area contributed by atoms with Gasteiger partial charge in [0.05, 0.1) is 36.0 Å². The summed E-state index contributed by atoms with van der Waals surface area (Å²) in [7, 11) is 0. The van der Waals surface area contributed by atoms with Crippen molar-refractivity contribution in [3.05, 3.63) is 155 Å². The molecule has 6 aromatic rings. The number of carbonyl (C=O) groups excluding carboxylic acids is 2. The Morgan fingerprint density at radius 3 is 2.25 bits per heavy atom. The molecule has 7 rings (SSSR count). The van der Waals surface area contributed by atoms with Gasteiger partial charge >= 0.3 is 0 Å². The number of aliphatic hydroxyl groups is 1. The first-order valence-corrected chi connectivity index (χ1v) is 18.5. The predicted octanol–water partition coefficient (Wildman–Crippen LogP) is 8.26. The van der Waals surface area contributed by atoms with Gasteiger partial charge < -0.3 is 25.2 Å². The summed E-state index contributed by atoms with van der Waals surface area (Å²) in [5.74, 6) is 0.352. The average Bonchev–Trinajstić information content (AvgIpc) is 3.20. The number of fused-ring (bicyclic) bond motifs is 1. The normalized spacial score (nSPS) is 18.4. The van der Waals surface area contributed by atoms with Crippen LogP contribution in [0, 0.1) is 5.92 Å². The molecule has 2 amide bonds. The van der Waals surface area contributed by atoms with Crippen LogP contribution >= 0.6 is 11.8 Å². The fraction of sp³-hybridized carbons (Fsp3) is 0.209. The highest BCUT2D eigenvalue weighted by molar-refractivity contribution is 7.99. The minimum atomic E-state index is -0.604. The van der Waals surface area contributed by atoms with Crippen molar-refractivity contribution in [1.82, 2.24) is 15.3 Å². The highest BCUT2D eigenvalue weighted by Gasteiger charge is 2.38. The van der Waals surface area contributed by atoms with E-state index in [4.69, 9.17) is 9.47 Å². The number of rotatable bonds is 11. The van der Waals surface area contributed by atoms with Gasteiger partial charge in [-0.15, -0.1) is 11.8 Å². The van der Waals surface area contributed by atoms with E-state index in [0.717, 1.165) is 49.5 Å². The first kappa shape index (κ1) is 36.0. The lowest BCUT2D eigenvalue weighted by atomic mass is 9.91. The molecule has 3 N–H and O–H groups in total. The largest absolute Gasteiger partial charge is 0.392 e. The number of aliphatic hydroxyl groups excluding tert-OH is 1. The van der Waals surface area contributed by atoms with Crippen molar-refractivity contribution in [2.75, 3.05) is 11.1 Å². The molecule has 10 heteroatoms. The number of nitrogens with zero attached hydrogens (tertiary/aromatic N) is 2. The van der Waals surface area contributed by atoms with Crippen molar-refractivity contribution in [3.8, 4) is 11.1 Å². The molecule has 1 aliphatic rings. The van der Waals surface area contributed by atoms with Crippen molar-refractivity contribution in [2.24, 2.45) is 5.92 Å². The van der Waals surface area contributed by atoms with Crippen LogP contribution in [0.4, 0.5) is 5.69 Å². The highest BCUT2D eigenvalue weighted by Crippen LogP contribution is 2.43. The number of nitrogens with one attached hydrogen (secondary N) is 2. The van der Waals surface area contributed by atoms with Gasteiger partial charge in [-0.3, -0.25) is 14.6 Å². The van der Waals surface area contributed by atoms with Gasteiger partial charge in [-0.25, -0.2) is 4.98 Å². The van der Waals surface area contributed by atoms with Gasteiger partial charge in [-0.2, -0.15) is 0 Å². The number of benzene rings is 5. The number of para-hydroxylation sites is 2. The molecule has 0 bridgehead atoms. The summed E-state index contributed by atoms with van der Waals surface area (Å²) in [5.41, 5.74) is 8.18. The molecule has 4 atom stereocenters. The van der Waals surface area contributed by atoms with Crippen molar-refractivity contribution in [3.63, 3.8) is 0 Å². The van der Waals surface area contributed by atoms with Crippen LogP contribution in [0.25, 0.3) is 22.2 Å². The monoisotopic (exact) mass is 724 g/mol. The molecule has 9 nitrogen and oxygen atoms in total. The molecule has 5 aromatic carbocycles. The van der Waals surface area contributed by atoms with E-state index >= 15 is 0 Å². The molecule has 1 aliphatic heterocycles. The SMILES string of the molecule is CC(=O)Nc1ccc(SCC2OC(c3ccc(-c4ccccc4CNC(=O)c4cnc5ccccc5n4)cc3)OC(c3ccc(CO)cc3)C2C)cc1. The third-order valence-electron chi connectivity index (χ3n) is 9.34. The molecular weight excluding hydrogens is 685 g/mol. The van der Waals surface area contributed by atoms with Gasteiger partial charge in [0.1, 0.15) is 5.69 Å². The van der Waals surface area contributed by atoms with Crippen molar-refractivity contribution in [2.45, 2.75) is 50.4 Å². The minimum absolute atomic E-state index is 0.0198. The first-order chi connectivity index (χ1) is 25.8. The van der Waals surface area contributed by atoms with Crippen LogP contribution in [0.1, 0.15) is 59.0 Å². The Bertz CT molecular complexity index is 2200. The predicted molar refractivity (Wildman–Crippen MR) is 207 cm³/mol. The van der Waals surface area contributed by atoms with Crippen molar-refractivity contribution >= 4 is 40.3 Å². The van der Waals surface area contributed by atoms with E-state index in [-0.39, 0.29) is 42.2 Å². The topological polar surface area (TPSA) is 123 Å². The van der Waals surface area contributed by atoms with E-state index in [9.17, 15) is 14.7 Å². The molecule has 0 saturated carbocycles. The Hall–Kier alpha value is -5.39. The Kier molecular flexibility index (Phi) is 11.2. The van der Waals surface area contributed by atoms with Gasteiger partial charge in [0.25, 0.3) is 5.91 Å². The molecule has 1 saturated heterocycles. The number of aromatic nitrogens is 2. The highest BCUT2D eigenvalue weighted by atomic mass is 32.2. The lowest BCUT2D eigenvalue weighted by Crippen LogP contribution is -2.38. The van der Waals surface area contributed by atoms with Crippen LogP contribution in [-0.2, 0) is 27.4 Å². The van der Waals surface area contributed by atoms with E-state index in [2.05, 4.69) is 39.7 Å². The van der Waals surface area contributed by atoms with E-state index in [1.54, 1.807) is 11.8 Å². The molecule has 2 heterocycles. The number of anilines is 1. The minimum Gasteiger partial charge on any atom is -0.392 e. The number of hydrogen-bond acceptors (Lipinski definition) is 8. The Morgan fingerprint density at radius 2 is 1.51 bits per heavy atom. The molecule has 0 spiro atoms. The first-order valence-electron chi connectivity index (χ1n) is 17.5. The van der Waals surface area contributed by atoms with E-state index < -0.39 is 6.29 Å². The molecule has 4 unspecified atom stereocenters. The molecular formula is C43H40N4O5S. The second-order valence-electron chi connectivity index (χ2n) is 13.0. The summed E-state index contributed by atoms with van der Waals surface area (Å²) >= 11 is 1.70. The zero-order chi connectivity index (χ0) is 36.7. The Labute approximate surface area is 312 Å². The zero-order valence-corrected chi connectivity index (χ0v) is 30.3. The quantitative estimate of drug-likeness (QED) is 0.114. The van der Waals surface area contributed by atoms with Gasteiger partial charge in [0.2, 0.25) is 5.91 Å². The second kappa shape index (κ2) is 16.5. The second-order valence-corrected chi connectivity index (χ2v) is 14.1. The summed E-state index contributed by atoms with van der Waals surface area (Å²) in [6, 6.07) is 39.4. The molecule has 53 heavy (non-hydrogen) atoms. The molecule has 1 fully saturated rings. The van der Waals surface area contributed by atoms with Crippen LogP contribution < -0.4 is 10.6 Å². The molecule has 0 radical (unpaired) electrons. The number of carbonyl (C=O) groups is 2. The lowest BCUT2D eigenvalue weighted by Gasteiger charge is -2.41. The van der Waals surface area contributed by atoms with Gasteiger partial charge in [-0.05, 0) is 64.2 Å². The van der Waals surface area contributed by atoms with Crippen molar-refractivity contribution < 1.29 is 24.2 Å². The fourth-order valence-electron chi connectivity index (χ4n) is 6.43. The summed E-state index contributed by atoms with van der Waals surface area (Å²) in [6.07, 6.45) is 0.536. The summed E-state index contributed by atoms with van der Waals surface area (Å²) in [6.45, 7) is 3.95. The number of thioether (sulfide) groups is 1. The van der Waals surface area contributed by atoms with Crippen LogP contribution in [0.15, 0.2) is 132 Å². The third-order valence-corrected chi connectivity index (χ3v) is 10.4. The Balaban J connectivity index is 1.07. The van der Waals surface area contributed by atoms with E-state index in [1.165, 1.54) is 13.1 Å². The van der Waals surface area contributed by atoms with E-state index in [1.807, 2.05) is 109 Å². The van der Waals surface area contributed by atoms with Gasteiger partial charge in [0, 0.05) is 41.3 Å². The summed E-state index contributed by atoms with van der Waals surface area (Å²) in [5, 5.41) is 15.4. The standard InChI is InChI=1S/C43H40N4O5S/c1-27-40(26-53-35-21-19-34(20-22-35)46-28(2)49)51-43(52-41(27)31-13-11-29(25-48)12-14-31)32-17-15-30(16-18-32)36-8-4-3-7-33(36)23-45-42(50)39-24-44-37-9-5-6-10-38(37)47-39/h3-22,24,27,40-41,43,48H,23,25-26H2,1-2H3,(H,45,50)(H,46,49). The van der Waals surface area contributed by atoms with Crippen LogP contribution in [0.2, 0.25) is 0 Å². The lowest BCUT2D eigenvalue weighted by molar-refractivity contribution is -0.268. The van der Waals surface area contributed by atoms with Crippen LogP contribution in [-0.4, -0.2) is 38.7 Å². The smallest absolute Gasteiger partial charge is 0.271 e. The number of amides is 2. The summed E-state index contributed by atoms with van der Waals surface area (Å²) in [4.78, 5) is 34.4. The summed E-state index contributed by atoms with van der Waals surface area (Å²) < 4.78 is 13.4. The van der Waals surface area contributed by atoms with Crippen molar-refractivity contribution in [1.29, 1.82) is 0 Å².